The molecule has 3 amide bonds. The third kappa shape index (κ3) is 16.1. The molecule has 0 spiro atoms. The third-order valence-electron chi connectivity index (χ3n) is 12.4. The predicted octanol–water partition coefficient (Wildman–Crippen LogP) is 6.03. The summed E-state index contributed by atoms with van der Waals surface area (Å²) in [5.41, 5.74) is 16.2. The Kier molecular flexibility index (Phi) is 22.8. The van der Waals surface area contributed by atoms with E-state index in [0.717, 1.165) is 30.4 Å². The molecule has 0 saturated carbocycles. The Morgan fingerprint density at radius 3 is 2.25 bits per heavy atom. The Bertz CT molecular complexity index is 2240. The molecule has 68 heavy (non-hydrogen) atoms. The van der Waals surface area contributed by atoms with Gasteiger partial charge < -0.3 is 41.6 Å². The molecule has 1 heterocycles. The molecule has 0 aliphatic carbocycles. The number of Topliss-reactive ketones (excluding diaryl/α,β-unsaturated/α-hetero) is 3. The third-order valence-corrected chi connectivity index (χ3v) is 12.4. The number of hydrogen-bond acceptors (Lipinski definition) is 12. The lowest BCUT2D eigenvalue weighted by Gasteiger charge is -2.32. The van der Waals surface area contributed by atoms with E-state index in [-0.39, 0.29) is 96.0 Å². The molecule has 4 rings (SSSR count). The fourth-order valence-corrected chi connectivity index (χ4v) is 8.67. The second kappa shape index (κ2) is 28.4. The molecular formula is C53H72N6O9. The number of likely N-dealkylation sites (N-methyl/N-ethyl adjacent to an activating group) is 1. The number of unbranched alkanes of at least 4 members (excludes halogenated alkanes) is 5. The van der Waals surface area contributed by atoms with Gasteiger partial charge in [0, 0.05) is 87.3 Å². The number of nitrogens with zero attached hydrogens (tertiary/aromatic N) is 2. The van der Waals surface area contributed by atoms with E-state index >= 15 is 4.79 Å². The number of aryl methyl sites for hydroxylation is 2. The van der Waals surface area contributed by atoms with Gasteiger partial charge in [0.15, 0.2) is 17.3 Å². The number of hydrogen-bond donors (Lipinski definition) is 5. The summed E-state index contributed by atoms with van der Waals surface area (Å²) in [6.45, 7) is 6.09. The molecule has 0 fully saturated rings. The molecule has 0 aromatic heterocycles. The number of aliphatic hydroxyl groups excluding tert-OH is 1. The van der Waals surface area contributed by atoms with Crippen molar-refractivity contribution in [1.82, 2.24) is 15.5 Å². The standard InChI is InChI=1S/C53H72N6O9/c1-5-6-7-8-9-10-12-37-14-18-41(35(2)29-37)46(62)34-40(17-21-50(64)57-25-26-60)53(66)59(4)51-39-16-20-49(68-28-24-56)43(33-39)42-31-38(15-19-48(42)67-27-23-55)32-44(45(61)13-11-22-54)58-52(65)36(3)30-47(51)63/h14-16,18-20,29,31,33,36,40,44,51,60H,5-13,17,21,23-28,30,32,34,55-56H2,1-4H3,(H,57,64)(H,58,65)/t36-,40-,44+,51+/m1/s1. The van der Waals surface area contributed by atoms with Crippen LogP contribution in [0.1, 0.15) is 130 Å². The van der Waals surface area contributed by atoms with Crippen molar-refractivity contribution in [2.24, 2.45) is 23.3 Å². The van der Waals surface area contributed by atoms with Crippen LogP contribution in [0.3, 0.4) is 0 Å². The number of amides is 3. The molecule has 15 nitrogen and oxygen atoms in total. The summed E-state index contributed by atoms with van der Waals surface area (Å²) >= 11 is 0. The number of nitrogens with two attached hydrogens (primary N) is 2. The van der Waals surface area contributed by atoms with Gasteiger partial charge in [-0.2, -0.15) is 5.26 Å². The maximum Gasteiger partial charge on any atom is 0.226 e. The summed E-state index contributed by atoms with van der Waals surface area (Å²) in [4.78, 5) is 85.7. The Morgan fingerprint density at radius 1 is 0.912 bits per heavy atom. The van der Waals surface area contributed by atoms with E-state index in [4.69, 9.17) is 20.9 Å². The molecule has 1 aliphatic heterocycles. The molecule has 3 aromatic carbocycles. The molecule has 1 aliphatic rings. The van der Waals surface area contributed by atoms with Gasteiger partial charge in [-0.15, -0.1) is 0 Å². The Morgan fingerprint density at radius 2 is 1.59 bits per heavy atom. The largest absolute Gasteiger partial charge is 0.492 e. The Balaban J connectivity index is 1.81. The number of nitrogens with one attached hydrogen (secondary N) is 2. The summed E-state index contributed by atoms with van der Waals surface area (Å²) in [6, 6.07) is 15.8. The van der Waals surface area contributed by atoms with Crippen LogP contribution in [-0.4, -0.2) is 97.6 Å². The Labute approximate surface area is 401 Å². The minimum Gasteiger partial charge on any atom is -0.492 e. The van der Waals surface area contributed by atoms with E-state index in [2.05, 4.69) is 17.6 Å². The van der Waals surface area contributed by atoms with E-state index in [1.165, 1.54) is 37.6 Å². The summed E-state index contributed by atoms with van der Waals surface area (Å²) in [5.74, 6) is -3.84. The Hall–Kier alpha value is -5.95. The van der Waals surface area contributed by atoms with Crippen molar-refractivity contribution in [1.29, 1.82) is 5.26 Å². The average Bonchev–Trinajstić information content (AvgIpc) is 3.33. The van der Waals surface area contributed by atoms with Crippen LogP contribution >= 0.6 is 0 Å². The van der Waals surface area contributed by atoms with Gasteiger partial charge in [0.2, 0.25) is 17.7 Å². The van der Waals surface area contributed by atoms with Crippen molar-refractivity contribution in [3.05, 3.63) is 82.4 Å². The first-order valence-corrected chi connectivity index (χ1v) is 24.2. The second-order valence-electron chi connectivity index (χ2n) is 17.8. The normalized spacial score (nSPS) is 16.4. The van der Waals surface area contributed by atoms with Crippen molar-refractivity contribution in [3.8, 4) is 28.7 Å². The first-order valence-electron chi connectivity index (χ1n) is 24.2. The highest BCUT2D eigenvalue weighted by molar-refractivity contribution is 6.01. The minimum atomic E-state index is -1.29. The van der Waals surface area contributed by atoms with Gasteiger partial charge in [-0.25, -0.2) is 0 Å². The number of aliphatic hydroxyl groups is 1. The summed E-state index contributed by atoms with van der Waals surface area (Å²) < 4.78 is 12.3. The number of benzene rings is 3. The van der Waals surface area contributed by atoms with E-state index in [1.807, 2.05) is 31.2 Å². The molecule has 0 saturated heterocycles. The van der Waals surface area contributed by atoms with Crippen LogP contribution in [0.25, 0.3) is 11.1 Å². The number of rotatable bonds is 26. The summed E-state index contributed by atoms with van der Waals surface area (Å²) in [6.07, 6.45) is 7.11. The summed E-state index contributed by atoms with van der Waals surface area (Å²) in [7, 11) is 1.48. The smallest absolute Gasteiger partial charge is 0.226 e. The van der Waals surface area contributed by atoms with Crippen molar-refractivity contribution >= 4 is 35.1 Å². The van der Waals surface area contributed by atoms with Crippen LogP contribution in [0.5, 0.6) is 11.5 Å². The summed E-state index contributed by atoms with van der Waals surface area (Å²) in [5, 5.41) is 24.0. The molecule has 7 N–H and O–H groups in total. The first-order chi connectivity index (χ1) is 32.8. The van der Waals surface area contributed by atoms with Crippen LogP contribution < -0.4 is 31.6 Å². The number of fused-ring (bicyclic) bond motifs is 5. The zero-order valence-electron chi connectivity index (χ0n) is 40.4. The van der Waals surface area contributed by atoms with E-state index in [9.17, 15) is 34.3 Å². The van der Waals surface area contributed by atoms with Gasteiger partial charge in [-0.05, 0) is 79.1 Å². The van der Waals surface area contributed by atoms with Crippen molar-refractivity contribution in [2.45, 2.75) is 123 Å². The fourth-order valence-electron chi connectivity index (χ4n) is 8.67. The van der Waals surface area contributed by atoms with Crippen molar-refractivity contribution in [2.75, 3.05) is 46.5 Å². The fraction of sp³-hybridized carbons (Fsp3) is 0.528. The lowest BCUT2D eigenvalue weighted by Crippen LogP contribution is -2.45. The van der Waals surface area contributed by atoms with Crippen LogP contribution in [0, 0.1) is 30.1 Å². The topological polar surface area (TPSA) is 244 Å². The van der Waals surface area contributed by atoms with Gasteiger partial charge in [0.25, 0.3) is 0 Å². The number of carbonyl (C=O) groups is 6. The van der Waals surface area contributed by atoms with E-state index in [1.54, 1.807) is 43.3 Å². The minimum absolute atomic E-state index is 0.0207. The molecule has 4 atom stereocenters. The van der Waals surface area contributed by atoms with Crippen molar-refractivity contribution in [3.63, 3.8) is 0 Å². The monoisotopic (exact) mass is 937 g/mol. The SMILES string of the molecule is CCCCCCCCc1ccc(C(=O)C[C@@H](CCC(=O)NCCO)C(=O)N(C)[C@@H]2C(=O)C[C@@H](C)C(=O)N[C@H](C(=O)CCC#N)Cc3ccc(OCCN)c(c3)-c3cc2ccc3OCCN)c(C)c1. The van der Waals surface area contributed by atoms with Crippen molar-refractivity contribution < 1.29 is 43.3 Å². The van der Waals surface area contributed by atoms with Crippen LogP contribution in [0.15, 0.2) is 54.6 Å². The molecular weight excluding hydrogens is 865 g/mol. The number of ketones is 3. The molecule has 15 heteroatoms. The number of ether oxygens (including phenoxy) is 2. The van der Waals surface area contributed by atoms with Crippen LogP contribution in [0.4, 0.5) is 0 Å². The lowest BCUT2D eigenvalue weighted by atomic mass is 9.87. The zero-order chi connectivity index (χ0) is 49.6. The molecule has 368 valence electrons. The predicted molar refractivity (Wildman–Crippen MR) is 261 cm³/mol. The maximum absolute atomic E-state index is 15.0. The quantitative estimate of drug-likeness (QED) is 0.0458. The van der Waals surface area contributed by atoms with Gasteiger partial charge in [-0.1, -0.05) is 76.3 Å². The highest BCUT2D eigenvalue weighted by Gasteiger charge is 2.36. The van der Waals surface area contributed by atoms with Gasteiger partial charge in [-0.3, -0.25) is 28.8 Å². The van der Waals surface area contributed by atoms with Gasteiger partial charge >= 0.3 is 0 Å². The van der Waals surface area contributed by atoms with Gasteiger partial charge in [0.05, 0.1) is 18.7 Å². The van der Waals surface area contributed by atoms with Crippen LogP contribution in [-0.2, 0) is 36.8 Å². The highest BCUT2D eigenvalue weighted by atomic mass is 16.5. The molecule has 4 bridgehead atoms. The molecule has 0 unspecified atom stereocenters. The van der Waals surface area contributed by atoms with E-state index in [0.29, 0.717) is 39.3 Å². The first kappa shape index (κ1) is 54.7. The van der Waals surface area contributed by atoms with Gasteiger partial charge in [0.1, 0.15) is 30.8 Å². The maximum atomic E-state index is 15.0. The zero-order valence-corrected chi connectivity index (χ0v) is 40.4. The average molecular weight is 937 g/mol. The number of carbonyl (C=O) groups excluding carboxylic acids is 6. The lowest BCUT2D eigenvalue weighted by molar-refractivity contribution is -0.142. The second-order valence-corrected chi connectivity index (χ2v) is 17.8. The molecule has 0 radical (unpaired) electrons. The number of nitriles is 1. The highest BCUT2D eigenvalue weighted by Crippen LogP contribution is 2.41. The molecule has 3 aromatic rings. The van der Waals surface area contributed by atoms with Crippen LogP contribution in [0.2, 0.25) is 0 Å². The van der Waals surface area contributed by atoms with E-state index < -0.39 is 47.4 Å².